The number of ether oxygens (including phenoxy) is 2. The Kier molecular flexibility index (Phi) is 7.09. The van der Waals surface area contributed by atoms with Gasteiger partial charge in [-0.3, -0.25) is 14.3 Å². The zero-order valence-corrected chi connectivity index (χ0v) is 22.2. The Balaban J connectivity index is 1.49. The van der Waals surface area contributed by atoms with Crippen molar-refractivity contribution in [3.8, 4) is 28.8 Å². The fraction of sp³-hybridized carbons (Fsp3) is 0.280. The van der Waals surface area contributed by atoms with E-state index in [4.69, 9.17) is 25.5 Å². The number of carbonyl (C=O) groups is 1. The molecule has 1 aliphatic heterocycles. The molecule has 38 heavy (non-hydrogen) atoms. The minimum absolute atomic E-state index is 0.0533. The molecule has 3 aromatic heterocycles. The number of anilines is 1. The quantitative estimate of drug-likeness (QED) is 0.269. The van der Waals surface area contributed by atoms with Crippen LogP contribution in [-0.2, 0) is 26.8 Å². The summed E-state index contributed by atoms with van der Waals surface area (Å²) in [5, 5.41) is 8.81. The van der Waals surface area contributed by atoms with Crippen LogP contribution in [0.4, 0.5) is 5.69 Å². The van der Waals surface area contributed by atoms with Gasteiger partial charge in [-0.15, -0.1) is 10.2 Å². The number of benzene rings is 1. The summed E-state index contributed by atoms with van der Waals surface area (Å²) in [6, 6.07) is 10.2. The highest BCUT2D eigenvalue weighted by Gasteiger charge is 2.30. The number of furan rings is 1. The Bertz CT molecular complexity index is 1560. The van der Waals surface area contributed by atoms with Crippen molar-refractivity contribution in [1.82, 2.24) is 19.7 Å². The van der Waals surface area contributed by atoms with Crippen molar-refractivity contribution in [2.75, 3.05) is 31.4 Å². The topological polar surface area (TPSA) is 130 Å². The molecule has 1 amide bonds. The molecule has 0 radical (unpaired) electrons. The highest BCUT2D eigenvalue weighted by atomic mass is 35.5. The van der Waals surface area contributed by atoms with Gasteiger partial charge in [-0.25, -0.2) is 8.42 Å². The maximum atomic E-state index is 13.4. The lowest BCUT2D eigenvalue weighted by molar-refractivity contribution is -0.122. The standard InChI is InChI=1S/C25H24ClN5O6S/c1-35-19-5-3-6-20(36-2)24(19)31-22(28-29-25(31)21-7-4-11-37-21)15-38(33,34)12-9-17-18(13-16(26)14-27-17)30-10-8-23(30)32/h3-7,11,13-14H,8-10,12,15H2,1-2H3. The van der Waals surface area contributed by atoms with Crippen LogP contribution in [0, 0.1) is 0 Å². The van der Waals surface area contributed by atoms with E-state index in [1.54, 1.807) is 45.9 Å². The van der Waals surface area contributed by atoms with E-state index < -0.39 is 15.6 Å². The molecule has 1 aromatic carbocycles. The Hall–Kier alpha value is -3.90. The van der Waals surface area contributed by atoms with Crippen molar-refractivity contribution in [2.24, 2.45) is 0 Å². The molecular weight excluding hydrogens is 534 g/mol. The van der Waals surface area contributed by atoms with Crippen molar-refractivity contribution in [2.45, 2.75) is 18.6 Å². The Morgan fingerprint density at radius 3 is 2.47 bits per heavy atom. The molecule has 0 aliphatic carbocycles. The zero-order chi connectivity index (χ0) is 26.9. The van der Waals surface area contributed by atoms with Gasteiger partial charge in [0.25, 0.3) is 0 Å². The van der Waals surface area contributed by atoms with Crippen molar-refractivity contribution in [3.05, 3.63) is 65.4 Å². The summed E-state index contributed by atoms with van der Waals surface area (Å²) in [6.07, 6.45) is 3.46. The van der Waals surface area contributed by atoms with Crippen molar-refractivity contribution < 1.29 is 27.1 Å². The Morgan fingerprint density at radius 1 is 1.11 bits per heavy atom. The van der Waals surface area contributed by atoms with Gasteiger partial charge in [-0.2, -0.15) is 0 Å². The first-order valence-electron chi connectivity index (χ1n) is 11.7. The molecule has 4 heterocycles. The predicted molar refractivity (Wildman–Crippen MR) is 140 cm³/mol. The number of β-lactam (4-membered cyclic amide) rings is 1. The number of methoxy groups -OCH3 is 2. The van der Waals surface area contributed by atoms with Crippen LogP contribution in [0.5, 0.6) is 11.5 Å². The van der Waals surface area contributed by atoms with Gasteiger partial charge in [-0.1, -0.05) is 17.7 Å². The number of sulfone groups is 1. The predicted octanol–water partition coefficient (Wildman–Crippen LogP) is 3.49. The largest absolute Gasteiger partial charge is 0.494 e. The maximum absolute atomic E-state index is 13.4. The van der Waals surface area contributed by atoms with Gasteiger partial charge < -0.3 is 18.8 Å². The summed E-state index contributed by atoms with van der Waals surface area (Å²) in [7, 11) is -0.714. The third-order valence-electron chi connectivity index (χ3n) is 6.15. The zero-order valence-electron chi connectivity index (χ0n) is 20.6. The van der Waals surface area contributed by atoms with Crippen LogP contribution in [0.1, 0.15) is 17.9 Å². The lowest BCUT2D eigenvalue weighted by atomic mass is 10.1. The van der Waals surface area contributed by atoms with Crippen molar-refractivity contribution in [1.29, 1.82) is 0 Å². The fourth-order valence-corrected chi connectivity index (χ4v) is 5.62. The molecular formula is C25H24ClN5O6S. The van der Waals surface area contributed by atoms with Crippen LogP contribution >= 0.6 is 11.6 Å². The molecule has 0 unspecified atom stereocenters. The van der Waals surface area contributed by atoms with Gasteiger partial charge in [0.05, 0.1) is 42.6 Å². The summed E-state index contributed by atoms with van der Waals surface area (Å²) < 4.78 is 44.9. The molecule has 1 aliphatic rings. The van der Waals surface area contributed by atoms with E-state index in [2.05, 4.69) is 15.2 Å². The van der Waals surface area contributed by atoms with Gasteiger partial charge in [0.1, 0.15) is 22.9 Å². The monoisotopic (exact) mass is 557 g/mol. The van der Waals surface area contributed by atoms with Gasteiger partial charge >= 0.3 is 0 Å². The second-order valence-corrected chi connectivity index (χ2v) is 11.1. The first kappa shape index (κ1) is 25.7. The number of pyridine rings is 1. The number of para-hydroxylation sites is 1. The van der Waals surface area contributed by atoms with Crippen LogP contribution in [0.2, 0.25) is 5.02 Å². The average molecular weight is 558 g/mol. The van der Waals surface area contributed by atoms with E-state index >= 15 is 0 Å². The number of halogens is 1. The van der Waals surface area contributed by atoms with E-state index in [9.17, 15) is 13.2 Å². The highest BCUT2D eigenvalue weighted by Crippen LogP contribution is 2.37. The van der Waals surface area contributed by atoms with Crippen LogP contribution < -0.4 is 14.4 Å². The van der Waals surface area contributed by atoms with E-state index in [-0.39, 0.29) is 23.9 Å². The number of aryl methyl sites for hydroxylation is 1. The molecule has 11 nitrogen and oxygen atoms in total. The second kappa shape index (κ2) is 10.5. The number of hydrogen-bond donors (Lipinski definition) is 0. The minimum atomic E-state index is -3.72. The summed E-state index contributed by atoms with van der Waals surface area (Å²) in [4.78, 5) is 17.9. The molecule has 0 bridgehead atoms. The van der Waals surface area contributed by atoms with Crippen molar-refractivity contribution in [3.63, 3.8) is 0 Å². The normalized spacial score (nSPS) is 13.4. The first-order chi connectivity index (χ1) is 18.3. The Morgan fingerprint density at radius 2 is 1.87 bits per heavy atom. The van der Waals surface area contributed by atoms with Crippen LogP contribution in [-0.4, -0.2) is 60.6 Å². The molecule has 0 spiro atoms. The van der Waals surface area contributed by atoms with Crippen LogP contribution in [0.15, 0.2) is 53.3 Å². The highest BCUT2D eigenvalue weighted by molar-refractivity contribution is 7.90. The lowest BCUT2D eigenvalue weighted by Gasteiger charge is -2.32. The maximum Gasteiger partial charge on any atom is 0.228 e. The number of amides is 1. The van der Waals surface area contributed by atoms with Gasteiger partial charge in [0, 0.05) is 25.6 Å². The molecule has 0 N–H and O–H groups in total. The molecule has 1 saturated heterocycles. The van der Waals surface area contributed by atoms with Crippen LogP contribution in [0.3, 0.4) is 0 Å². The SMILES string of the molecule is COc1cccc(OC)c1-n1c(CS(=O)(=O)CCc2ncc(Cl)cc2N2CCC2=O)nnc1-c1ccco1. The number of aromatic nitrogens is 4. The van der Waals surface area contributed by atoms with E-state index in [0.29, 0.717) is 58.1 Å². The molecule has 13 heteroatoms. The average Bonchev–Trinajstić information content (AvgIpc) is 3.56. The first-order valence-corrected chi connectivity index (χ1v) is 13.9. The smallest absolute Gasteiger partial charge is 0.228 e. The Labute approximate surface area is 223 Å². The summed E-state index contributed by atoms with van der Waals surface area (Å²) in [6.45, 7) is 0.542. The molecule has 0 saturated carbocycles. The minimum Gasteiger partial charge on any atom is -0.494 e. The van der Waals surface area contributed by atoms with Crippen molar-refractivity contribution >= 4 is 33.0 Å². The van der Waals surface area contributed by atoms with E-state index in [1.165, 1.54) is 26.7 Å². The second-order valence-electron chi connectivity index (χ2n) is 8.52. The van der Waals surface area contributed by atoms with E-state index in [1.807, 2.05) is 0 Å². The molecule has 5 rings (SSSR count). The summed E-state index contributed by atoms with van der Waals surface area (Å²) in [5.74, 6) is 0.999. The molecule has 4 aromatic rings. The molecule has 1 fully saturated rings. The third-order valence-corrected chi connectivity index (χ3v) is 7.88. The number of rotatable bonds is 10. The fourth-order valence-electron chi connectivity index (χ4n) is 4.24. The summed E-state index contributed by atoms with van der Waals surface area (Å²) in [5.41, 5.74) is 1.46. The number of carbonyl (C=O) groups excluding carboxylic acids is 1. The number of nitrogens with zero attached hydrogens (tertiary/aromatic N) is 5. The molecule has 198 valence electrons. The lowest BCUT2D eigenvalue weighted by Crippen LogP contribution is -2.44. The summed E-state index contributed by atoms with van der Waals surface area (Å²) >= 11 is 6.09. The van der Waals surface area contributed by atoms with Crippen LogP contribution in [0.25, 0.3) is 17.3 Å². The van der Waals surface area contributed by atoms with Gasteiger partial charge in [0.2, 0.25) is 11.7 Å². The van der Waals surface area contributed by atoms with Gasteiger partial charge in [-0.05, 0) is 30.3 Å². The number of hydrogen-bond acceptors (Lipinski definition) is 9. The van der Waals surface area contributed by atoms with Gasteiger partial charge in [0.15, 0.2) is 21.4 Å². The van der Waals surface area contributed by atoms with E-state index in [0.717, 1.165) is 0 Å². The molecule has 0 atom stereocenters. The third kappa shape index (κ3) is 4.96.